The Bertz CT molecular complexity index is 1040. The molecule has 1 amide bonds. The number of nitrogens with one attached hydrogen (secondary N) is 1. The molecule has 1 aliphatic heterocycles. The van der Waals surface area contributed by atoms with Crippen molar-refractivity contribution in [1.82, 2.24) is 14.5 Å². The number of rotatable bonds is 9. The van der Waals surface area contributed by atoms with Crippen LogP contribution < -0.4 is 14.2 Å². The number of piperazine rings is 1. The van der Waals surface area contributed by atoms with Crippen molar-refractivity contribution < 1.29 is 22.7 Å². The minimum absolute atomic E-state index is 0.0750. The number of benzene rings is 2. The van der Waals surface area contributed by atoms with E-state index in [0.717, 1.165) is 31.1 Å². The largest absolute Gasteiger partial charge is 0.497 e. The highest BCUT2D eigenvalue weighted by atomic mass is 32.2. The molecule has 2 aromatic rings. The fourth-order valence-corrected chi connectivity index (χ4v) is 4.25. The van der Waals surface area contributed by atoms with Crippen molar-refractivity contribution >= 4 is 15.9 Å². The highest BCUT2D eigenvalue weighted by Gasteiger charge is 2.22. The van der Waals surface area contributed by atoms with Crippen molar-refractivity contribution in [2.45, 2.75) is 4.90 Å². The molecule has 9 heteroatoms. The molecule has 1 heterocycles. The molecule has 1 saturated heterocycles. The lowest BCUT2D eigenvalue weighted by Crippen LogP contribution is -2.49. The lowest BCUT2D eigenvalue weighted by atomic mass is 10.2. The number of ether oxygens (including phenoxy) is 2. The lowest BCUT2D eigenvalue weighted by molar-refractivity contribution is 0.0620. The third-order valence-corrected chi connectivity index (χ3v) is 6.59. The summed E-state index contributed by atoms with van der Waals surface area (Å²) in [6, 6.07) is 13.3. The molecular formula is C23H27N3O5S. The highest BCUT2D eigenvalue weighted by Crippen LogP contribution is 2.17. The van der Waals surface area contributed by atoms with Crippen LogP contribution in [0.4, 0.5) is 0 Å². The number of hydrogen-bond acceptors (Lipinski definition) is 6. The molecule has 8 nitrogen and oxygen atoms in total. The Morgan fingerprint density at radius 2 is 1.66 bits per heavy atom. The molecule has 0 aliphatic carbocycles. The van der Waals surface area contributed by atoms with Crippen LogP contribution in [0.1, 0.15) is 10.4 Å². The molecule has 0 bridgehead atoms. The van der Waals surface area contributed by atoms with E-state index >= 15 is 0 Å². The van der Waals surface area contributed by atoms with Gasteiger partial charge in [0.25, 0.3) is 5.91 Å². The summed E-state index contributed by atoms with van der Waals surface area (Å²) in [5, 5.41) is 0. The molecule has 2 aromatic carbocycles. The van der Waals surface area contributed by atoms with E-state index in [9.17, 15) is 13.2 Å². The number of sulfonamides is 1. The average molecular weight is 458 g/mol. The number of nitrogens with zero attached hydrogens (tertiary/aromatic N) is 2. The van der Waals surface area contributed by atoms with Crippen molar-refractivity contribution in [1.29, 1.82) is 0 Å². The Labute approximate surface area is 189 Å². The SMILES string of the molecule is C#CCNS(=O)(=O)c1ccc(C(=O)N2CCN(CCOc3ccc(OC)cc3)CC2)cc1. The van der Waals surface area contributed by atoms with Gasteiger partial charge in [0, 0.05) is 38.3 Å². The molecule has 0 atom stereocenters. The molecule has 32 heavy (non-hydrogen) atoms. The second-order valence-electron chi connectivity index (χ2n) is 7.21. The van der Waals surface area contributed by atoms with Crippen LogP contribution in [-0.2, 0) is 10.0 Å². The molecule has 170 valence electrons. The Kier molecular flexibility index (Phi) is 8.11. The topological polar surface area (TPSA) is 88.2 Å². The predicted molar refractivity (Wildman–Crippen MR) is 121 cm³/mol. The lowest BCUT2D eigenvalue weighted by Gasteiger charge is -2.34. The first-order valence-corrected chi connectivity index (χ1v) is 11.7. The van der Waals surface area contributed by atoms with Gasteiger partial charge in [-0.3, -0.25) is 9.69 Å². The van der Waals surface area contributed by atoms with Gasteiger partial charge in [0.15, 0.2) is 0 Å². The van der Waals surface area contributed by atoms with Gasteiger partial charge in [-0.05, 0) is 48.5 Å². The van der Waals surface area contributed by atoms with Gasteiger partial charge in [-0.1, -0.05) is 5.92 Å². The van der Waals surface area contributed by atoms with Gasteiger partial charge < -0.3 is 14.4 Å². The van der Waals surface area contributed by atoms with Gasteiger partial charge in [-0.15, -0.1) is 6.42 Å². The first-order valence-electron chi connectivity index (χ1n) is 10.2. The number of carbonyl (C=O) groups excluding carboxylic acids is 1. The Balaban J connectivity index is 1.45. The van der Waals surface area contributed by atoms with Crippen molar-refractivity contribution in [3.8, 4) is 23.8 Å². The van der Waals surface area contributed by atoms with Gasteiger partial charge in [-0.25, -0.2) is 8.42 Å². The smallest absolute Gasteiger partial charge is 0.253 e. The summed E-state index contributed by atoms with van der Waals surface area (Å²) in [6.45, 7) is 3.95. The Morgan fingerprint density at radius 3 is 2.25 bits per heavy atom. The van der Waals surface area contributed by atoms with E-state index in [-0.39, 0.29) is 17.3 Å². The standard InChI is InChI=1S/C23H27N3O5S/c1-3-12-24-32(28,29)22-10-4-19(5-11-22)23(27)26-15-13-25(14-16-26)17-18-31-21-8-6-20(30-2)7-9-21/h1,4-11,24H,12-18H2,2H3. The molecule has 1 aliphatic rings. The second kappa shape index (κ2) is 11.0. The summed E-state index contributed by atoms with van der Waals surface area (Å²) < 4.78 is 37.4. The zero-order valence-corrected chi connectivity index (χ0v) is 18.8. The summed E-state index contributed by atoms with van der Waals surface area (Å²) in [7, 11) is -2.05. The maximum absolute atomic E-state index is 12.8. The minimum Gasteiger partial charge on any atom is -0.497 e. The molecule has 1 N–H and O–H groups in total. The van der Waals surface area contributed by atoms with Crippen LogP contribution in [0, 0.1) is 12.3 Å². The Morgan fingerprint density at radius 1 is 1.03 bits per heavy atom. The van der Waals surface area contributed by atoms with Crippen molar-refractivity contribution in [3.63, 3.8) is 0 Å². The van der Waals surface area contributed by atoms with Gasteiger partial charge in [0.05, 0.1) is 18.6 Å². The van der Waals surface area contributed by atoms with E-state index in [4.69, 9.17) is 15.9 Å². The number of hydrogen-bond donors (Lipinski definition) is 1. The van der Waals surface area contributed by atoms with E-state index in [2.05, 4.69) is 15.5 Å². The number of terminal acetylenes is 1. The summed E-state index contributed by atoms with van der Waals surface area (Å²) in [6.07, 6.45) is 5.09. The third-order valence-electron chi connectivity index (χ3n) is 5.17. The fraction of sp³-hybridized carbons (Fsp3) is 0.348. The van der Waals surface area contributed by atoms with Gasteiger partial charge in [-0.2, -0.15) is 4.72 Å². The quantitative estimate of drug-likeness (QED) is 0.574. The molecule has 0 aromatic heterocycles. The fourth-order valence-electron chi connectivity index (χ4n) is 3.32. The van der Waals surface area contributed by atoms with Crippen molar-refractivity contribution in [2.24, 2.45) is 0 Å². The molecule has 1 fully saturated rings. The third kappa shape index (κ3) is 6.23. The van der Waals surface area contributed by atoms with Gasteiger partial charge in [0.2, 0.25) is 10.0 Å². The maximum Gasteiger partial charge on any atom is 0.253 e. The van der Waals surface area contributed by atoms with E-state index in [0.29, 0.717) is 25.3 Å². The van der Waals surface area contributed by atoms with E-state index in [1.165, 1.54) is 24.3 Å². The highest BCUT2D eigenvalue weighted by molar-refractivity contribution is 7.89. The molecule has 0 radical (unpaired) electrons. The van der Waals surface area contributed by atoms with Gasteiger partial charge in [0.1, 0.15) is 18.1 Å². The first kappa shape index (κ1) is 23.6. The number of amides is 1. The van der Waals surface area contributed by atoms with E-state index in [1.54, 1.807) is 12.0 Å². The van der Waals surface area contributed by atoms with E-state index < -0.39 is 10.0 Å². The predicted octanol–water partition coefficient (Wildman–Crippen LogP) is 1.44. The van der Waals surface area contributed by atoms with Crippen LogP contribution >= 0.6 is 0 Å². The van der Waals surface area contributed by atoms with E-state index in [1.807, 2.05) is 24.3 Å². The zero-order chi connectivity index (χ0) is 23.0. The maximum atomic E-state index is 12.8. The van der Waals surface area contributed by atoms with Crippen LogP contribution in [0.15, 0.2) is 53.4 Å². The van der Waals surface area contributed by atoms with Crippen LogP contribution in [0.5, 0.6) is 11.5 Å². The van der Waals surface area contributed by atoms with Crippen LogP contribution in [0.25, 0.3) is 0 Å². The van der Waals surface area contributed by atoms with Crippen molar-refractivity contribution in [2.75, 3.05) is 53.0 Å². The average Bonchev–Trinajstić information content (AvgIpc) is 2.83. The normalized spacial score (nSPS) is 14.6. The molecule has 0 unspecified atom stereocenters. The van der Waals surface area contributed by atoms with Crippen LogP contribution in [0.2, 0.25) is 0 Å². The first-order chi connectivity index (χ1) is 15.4. The zero-order valence-electron chi connectivity index (χ0n) is 18.0. The summed E-state index contributed by atoms with van der Waals surface area (Å²) >= 11 is 0. The van der Waals surface area contributed by atoms with Gasteiger partial charge >= 0.3 is 0 Å². The van der Waals surface area contributed by atoms with Crippen LogP contribution in [-0.4, -0.2) is 77.1 Å². The molecule has 0 spiro atoms. The second-order valence-corrected chi connectivity index (χ2v) is 8.98. The van der Waals surface area contributed by atoms with Crippen molar-refractivity contribution in [3.05, 3.63) is 54.1 Å². The summed E-state index contributed by atoms with van der Waals surface area (Å²) in [5.74, 6) is 3.69. The number of carbonyl (C=O) groups is 1. The molecule has 0 saturated carbocycles. The summed E-state index contributed by atoms with van der Waals surface area (Å²) in [4.78, 5) is 16.9. The van der Waals surface area contributed by atoms with Crippen LogP contribution in [0.3, 0.4) is 0 Å². The minimum atomic E-state index is -3.67. The molecule has 3 rings (SSSR count). The number of methoxy groups -OCH3 is 1. The monoisotopic (exact) mass is 457 g/mol. The Hall–Kier alpha value is -3.06. The summed E-state index contributed by atoms with van der Waals surface area (Å²) in [5.41, 5.74) is 0.456. The molecular weight excluding hydrogens is 430 g/mol.